The number of nitrogens with one attached hydrogen (secondary N) is 2. The van der Waals surface area contributed by atoms with Gasteiger partial charge in [-0.2, -0.15) is 0 Å². The van der Waals surface area contributed by atoms with Gasteiger partial charge in [0, 0.05) is 5.39 Å². The van der Waals surface area contributed by atoms with Crippen molar-refractivity contribution in [2.75, 3.05) is 18.2 Å². The van der Waals surface area contributed by atoms with E-state index in [9.17, 15) is 14.4 Å². The predicted octanol–water partition coefficient (Wildman–Crippen LogP) is 4.01. The smallest absolute Gasteiger partial charge is 0.344 e. The monoisotopic (exact) mass is 416 g/mol. The minimum atomic E-state index is -0.751. The Kier molecular flexibility index (Phi) is 6.06. The number of amides is 1. The van der Waals surface area contributed by atoms with Crippen molar-refractivity contribution in [2.24, 2.45) is 0 Å². The number of ether oxygens (including phenoxy) is 1. The lowest BCUT2D eigenvalue weighted by molar-refractivity contribution is -0.113. The van der Waals surface area contributed by atoms with Crippen molar-refractivity contribution in [1.29, 1.82) is 0 Å². The molecular formula is C20H17ClN2O4S. The molecule has 2 N–H and O–H groups in total. The molecule has 0 unspecified atom stereocenters. The second-order valence-corrected chi connectivity index (χ2v) is 7.41. The number of benzene rings is 2. The predicted molar refractivity (Wildman–Crippen MR) is 111 cm³/mol. The molecular weight excluding hydrogens is 400 g/mol. The number of halogens is 1. The second-order valence-electron chi connectivity index (χ2n) is 6.02. The SMILES string of the molecule is COC(=O)c1c(SCC(=O)Nc2ccccc2Cl)[nH]c2ccc(C)cc2c1=O. The number of aromatic amines is 1. The third kappa shape index (κ3) is 4.21. The van der Waals surface area contributed by atoms with E-state index < -0.39 is 11.4 Å². The number of aryl methyl sites for hydroxylation is 1. The van der Waals surface area contributed by atoms with Gasteiger partial charge in [-0.25, -0.2) is 4.79 Å². The van der Waals surface area contributed by atoms with Gasteiger partial charge in [0.05, 0.1) is 34.1 Å². The molecule has 0 radical (unpaired) electrons. The minimum Gasteiger partial charge on any atom is -0.465 e. The number of esters is 1. The van der Waals surface area contributed by atoms with Gasteiger partial charge < -0.3 is 15.0 Å². The molecule has 0 spiro atoms. The van der Waals surface area contributed by atoms with Gasteiger partial charge in [0.25, 0.3) is 0 Å². The van der Waals surface area contributed by atoms with Crippen molar-refractivity contribution in [3.05, 3.63) is 68.8 Å². The van der Waals surface area contributed by atoms with Crippen LogP contribution in [0.1, 0.15) is 15.9 Å². The molecule has 0 aliphatic rings. The summed E-state index contributed by atoms with van der Waals surface area (Å²) in [5.74, 6) is -1.10. The zero-order valence-electron chi connectivity index (χ0n) is 15.2. The molecule has 0 fully saturated rings. The van der Waals surface area contributed by atoms with Crippen LogP contribution in [0.2, 0.25) is 5.02 Å². The van der Waals surface area contributed by atoms with Crippen LogP contribution in [0.3, 0.4) is 0 Å². The van der Waals surface area contributed by atoms with Gasteiger partial charge in [0.1, 0.15) is 5.56 Å². The van der Waals surface area contributed by atoms with E-state index >= 15 is 0 Å². The van der Waals surface area contributed by atoms with E-state index in [4.69, 9.17) is 16.3 Å². The van der Waals surface area contributed by atoms with Crippen molar-refractivity contribution in [3.63, 3.8) is 0 Å². The number of H-pyrrole nitrogens is 1. The summed E-state index contributed by atoms with van der Waals surface area (Å²) >= 11 is 7.09. The minimum absolute atomic E-state index is 0.0253. The van der Waals surface area contributed by atoms with Crippen molar-refractivity contribution in [1.82, 2.24) is 4.98 Å². The Morgan fingerprint density at radius 1 is 1.21 bits per heavy atom. The van der Waals surface area contributed by atoms with E-state index in [1.807, 2.05) is 13.0 Å². The number of hydrogen-bond acceptors (Lipinski definition) is 5. The summed E-state index contributed by atoms with van der Waals surface area (Å²) in [4.78, 5) is 40.4. The number of anilines is 1. The Balaban J connectivity index is 1.90. The number of pyridine rings is 1. The molecule has 0 saturated heterocycles. The fraction of sp³-hybridized carbons (Fsp3) is 0.150. The van der Waals surface area contributed by atoms with Crippen LogP contribution in [-0.2, 0) is 9.53 Å². The van der Waals surface area contributed by atoms with Gasteiger partial charge in [-0.05, 0) is 31.2 Å². The van der Waals surface area contributed by atoms with Crippen LogP contribution >= 0.6 is 23.4 Å². The Bertz CT molecular complexity index is 1130. The lowest BCUT2D eigenvalue weighted by Crippen LogP contribution is -2.20. The molecule has 0 aliphatic heterocycles. The maximum atomic E-state index is 12.8. The molecule has 0 aliphatic carbocycles. The second kappa shape index (κ2) is 8.50. The first-order valence-corrected chi connectivity index (χ1v) is 9.69. The van der Waals surface area contributed by atoms with Crippen molar-refractivity contribution in [3.8, 4) is 0 Å². The lowest BCUT2D eigenvalue weighted by Gasteiger charge is -2.11. The van der Waals surface area contributed by atoms with Crippen LogP contribution in [0.15, 0.2) is 52.3 Å². The molecule has 0 saturated carbocycles. The van der Waals surface area contributed by atoms with Crippen LogP contribution < -0.4 is 10.7 Å². The molecule has 3 aromatic rings. The number of fused-ring (bicyclic) bond motifs is 1. The molecule has 1 heterocycles. The Hall–Kier alpha value is -2.77. The third-order valence-corrected chi connectivity index (χ3v) is 5.34. The fourth-order valence-electron chi connectivity index (χ4n) is 2.66. The third-order valence-electron chi connectivity index (χ3n) is 4.01. The summed E-state index contributed by atoms with van der Waals surface area (Å²) in [6.07, 6.45) is 0. The normalized spacial score (nSPS) is 10.7. The van der Waals surface area contributed by atoms with Gasteiger partial charge in [0.2, 0.25) is 11.3 Å². The van der Waals surface area contributed by atoms with Crippen LogP contribution in [0.4, 0.5) is 5.69 Å². The highest BCUT2D eigenvalue weighted by atomic mass is 35.5. The van der Waals surface area contributed by atoms with Gasteiger partial charge in [-0.15, -0.1) is 0 Å². The first-order valence-electron chi connectivity index (χ1n) is 8.33. The summed E-state index contributed by atoms with van der Waals surface area (Å²) in [6, 6.07) is 12.2. The highest BCUT2D eigenvalue weighted by Gasteiger charge is 2.21. The molecule has 144 valence electrons. The average molecular weight is 417 g/mol. The van der Waals surface area contributed by atoms with E-state index in [1.165, 1.54) is 7.11 Å². The maximum Gasteiger partial charge on any atom is 0.344 e. The largest absolute Gasteiger partial charge is 0.465 e. The molecule has 3 rings (SSSR count). The maximum absolute atomic E-state index is 12.8. The highest BCUT2D eigenvalue weighted by Crippen LogP contribution is 2.24. The van der Waals surface area contributed by atoms with Gasteiger partial charge in [0.15, 0.2) is 0 Å². The number of carbonyl (C=O) groups excluding carboxylic acids is 2. The Labute approximate surface area is 170 Å². The van der Waals surface area contributed by atoms with E-state index in [2.05, 4.69) is 10.3 Å². The van der Waals surface area contributed by atoms with Gasteiger partial charge in [-0.1, -0.05) is 47.1 Å². The van der Waals surface area contributed by atoms with Crippen LogP contribution in [-0.4, -0.2) is 29.7 Å². The number of methoxy groups -OCH3 is 1. The average Bonchev–Trinajstić information content (AvgIpc) is 2.68. The number of rotatable bonds is 5. The Morgan fingerprint density at radius 2 is 1.96 bits per heavy atom. The number of hydrogen-bond donors (Lipinski definition) is 2. The molecule has 8 heteroatoms. The van der Waals surface area contributed by atoms with Crippen molar-refractivity contribution >= 4 is 51.8 Å². The molecule has 6 nitrogen and oxygen atoms in total. The van der Waals surface area contributed by atoms with E-state index in [1.54, 1.807) is 36.4 Å². The summed E-state index contributed by atoms with van der Waals surface area (Å²) in [5, 5.41) is 3.80. The van der Waals surface area contributed by atoms with Crippen LogP contribution in [0, 0.1) is 6.92 Å². The molecule has 28 heavy (non-hydrogen) atoms. The molecule has 0 bridgehead atoms. The number of aromatic nitrogens is 1. The highest BCUT2D eigenvalue weighted by molar-refractivity contribution is 8.00. The summed E-state index contributed by atoms with van der Waals surface area (Å²) in [5.41, 5.74) is 1.42. The first-order chi connectivity index (χ1) is 13.4. The quantitative estimate of drug-likeness (QED) is 0.484. The number of thioether (sulfide) groups is 1. The number of carbonyl (C=O) groups is 2. The summed E-state index contributed by atoms with van der Waals surface area (Å²) in [6.45, 7) is 1.86. The summed E-state index contributed by atoms with van der Waals surface area (Å²) < 4.78 is 4.76. The molecule has 1 aromatic heterocycles. The van der Waals surface area contributed by atoms with Crippen molar-refractivity contribution < 1.29 is 14.3 Å². The summed E-state index contributed by atoms with van der Waals surface area (Å²) in [7, 11) is 1.21. The lowest BCUT2D eigenvalue weighted by atomic mass is 10.1. The van der Waals surface area contributed by atoms with Crippen molar-refractivity contribution in [2.45, 2.75) is 11.9 Å². The Morgan fingerprint density at radius 3 is 2.68 bits per heavy atom. The van der Waals surface area contributed by atoms with E-state index in [0.29, 0.717) is 21.6 Å². The topological polar surface area (TPSA) is 88.3 Å². The zero-order chi connectivity index (χ0) is 20.3. The van der Waals surface area contributed by atoms with Crippen LogP contribution in [0.5, 0.6) is 0 Å². The van der Waals surface area contributed by atoms with Crippen LogP contribution in [0.25, 0.3) is 10.9 Å². The molecule has 1 amide bonds. The first kappa shape index (κ1) is 20.0. The molecule has 2 aromatic carbocycles. The van der Waals surface area contributed by atoms with Gasteiger partial charge in [-0.3, -0.25) is 9.59 Å². The van der Waals surface area contributed by atoms with E-state index in [0.717, 1.165) is 17.3 Å². The molecule has 0 atom stereocenters. The standard InChI is InChI=1S/C20H17ClN2O4S/c1-11-7-8-14-12(9-11)18(25)17(20(26)27-2)19(23-14)28-10-16(24)22-15-6-4-3-5-13(15)21/h3-9H,10H2,1-2H3,(H,22,24)(H,23,25). The number of para-hydroxylation sites is 1. The van der Waals surface area contributed by atoms with Gasteiger partial charge >= 0.3 is 5.97 Å². The van der Waals surface area contributed by atoms with E-state index in [-0.39, 0.29) is 22.2 Å². The zero-order valence-corrected chi connectivity index (χ0v) is 16.7. The fourth-order valence-corrected chi connectivity index (χ4v) is 3.69.